The Kier molecular flexibility index (Phi) is 7.58. The van der Waals surface area contributed by atoms with Crippen LogP contribution in [0.15, 0.2) is 174 Å². The summed E-state index contributed by atoms with van der Waals surface area (Å²) in [6.45, 7) is 4.92. The van der Waals surface area contributed by atoms with E-state index >= 15 is 0 Å². The normalized spacial score (nSPS) is 21.9. The molecule has 61 heavy (non-hydrogen) atoms. The fourth-order valence-electron chi connectivity index (χ4n) is 13.3. The number of hydrogen-bond acceptors (Lipinski definition) is 2. The van der Waals surface area contributed by atoms with E-state index in [1.54, 1.807) is 5.56 Å². The monoisotopic (exact) mass is 787 g/mol. The van der Waals surface area contributed by atoms with Gasteiger partial charge in [0.1, 0.15) is 11.2 Å². The Morgan fingerprint density at radius 3 is 1.79 bits per heavy atom. The van der Waals surface area contributed by atoms with Gasteiger partial charge in [-0.2, -0.15) is 0 Å². The van der Waals surface area contributed by atoms with Gasteiger partial charge in [0.15, 0.2) is 0 Å². The quantitative estimate of drug-likeness (QED) is 0.167. The van der Waals surface area contributed by atoms with E-state index in [9.17, 15) is 0 Å². The summed E-state index contributed by atoms with van der Waals surface area (Å²) in [5.41, 5.74) is 17.7. The van der Waals surface area contributed by atoms with Gasteiger partial charge in [-0.15, -0.1) is 0 Å². The van der Waals surface area contributed by atoms with Crippen LogP contribution in [0.1, 0.15) is 69.1 Å². The van der Waals surface area contributed by atoms with Gasteiger partial charge in [0.2, 0.25) is 0 Å². The number of furan rings is 1. The molecule has 0 unspecified atom stereocenters. The Hall–Kier alpha value is -6.38. The smallest absolute Gasteiger partial charge is 0.137 e. The highest BCUT2D eigenvalue weighted by molar-refractivity contribution is 6.13. The zero-order valence-corrected chi connectivity index (χ0v) is 35.0. The Balaban J connectivity index is 0.949. The molecule has 0 amide bonds. The molecule has 1 heterocycles. The summed E-state index contributed by atoms with van der Waals surface area (Å²) in [4.78, 5) is 2.47. The molecule has 2 heteroatoms. The van der Waals surface area contributed by atoms with E-state index in [4.69, 9.17) is 4.42 Å². The number of para-hydroxylation sites is 1. The van der Waals surface area contributed by atoms with Crippen LogP contribution in [0.3, 0.4) is 0 Å². The highest BCUT2D eigenvalue weighted by atomic mass is 16.3. The molecule has 296 valence electrons. The molecule has 4 saturated carbocycles. The van der Waals surface area contributed by atoms with Crippen molar-refractivity contribution in [3.8, 4) is 33.4 Å². The lowest BCUT2D eigenvalue weighted by Crippen LogP contribution is -2.48. The lowest BCUT2D eigenvalue weighted by molar-refractivity contribution is -0.00522. The molecular formula is C59H49NO. The van der Waals surface area contributed by atoms with Gasteiger partial charge in [-0.05, 0) is 165 Å². The third kappa shape index (κ3) is 5.34. The van der Waals surface area contributed by atoms with Crippen molar-refractivity contribution < 1.29 is 4.42 Å². The van der Waals surface area contributed by atoms with E-state index in [2.05, 4.69) is 189 Å². The van der Waals surface area contributed by atoms with Gasteiger partial charge < -0.3 is 9.32 Å². The molecule has 0 N–H and O–H groups in total. The van der Waals surface area contributed by atoms with Gasteiger partial charge in [0.05, 0.1) is 11.1 Å². The minimum absolute atomic E-state index is 0.131. The summed E-state index contributed by atoms with van der Waals surface area (Å²) >= 11 is 0. The Bertz CT molecular complexity index is 3160. The number of fused-ring (bicyclic) bond motifs is 7. The third-order valence-corrected chi connectivity index (χ3v) is 15.6. The predicted molar refractivity (Wildman–Crippen MR) is 254 cm³/mol. The average Bonchev–Trinajstić information content (AvgIpc) is 3.78. The summed E-state index contributed by atoms with van der Waals surface area (Å²) in [7, 11) is 0. The van der Waals surface area contributed by atoms with Crippen LogP contribution in [0.2, 0.25) is 0 Å². The van der Waals surface area contributed by atoms with Crippen molar-refractivity contribution in [3.63, 3.8) is 0 Å². The summed E-state index contributed by atoms with van der Waals surface area (Å²) in [5, 5.41) is 4.79. The van der Waals surface area contributed by atoms with Crippen molar-refractivity contribution >= 4 is 49.8 Å². The molecule has 2 nitrogen and oxygen atoms in total. The number of hydrogen-bond donors (Lipinski definition) is 0. The van der Waals surface area contributed by atoms with Crippen molar-refractivity contribution in [3.05, 3.63) is 187 Å². The minimum atomic E-state index is -0.131. The summed E-state index contributed by atoms with van der Waals surface area (Å²) in [5.74, 6) is 2.80. The minimum Gasteiger partial charge on any atom is -0.456 e. The second kappa shape index (κ2) is 13.1. The summed E-state index contributed by atoms with van der Waals surface area (Å²) in [6.07, 6.45) is 8.61. The van der Waals surface area contributed by atoms with Gasteiger partial charge in [-0.25, -0.2) is 0 Å². The molecule has 4 fully saturated rings. The maximum atomic E-state index is 6.50. The fourth-order valence-corrected chi connectivity index (χ4v) is 13.3. The maximum absolute atomic E-state index is 6.50. The maximum Gasteiger partial charge on any atom is 0.137 e. The molecule has 0 radical (unpaired) electrons. The van der Waals surface area contributed by atoms with E-state index in [-0.39, 0.29) is 5.41 Å². The van der Waals surface area contributed by atoms with Gasteiger partial charge in [0.25, 0.3) is 0 Å². The van der Waals surface area contributed by atoms with Crippen LogP contribution in [0.4, 0.5) is 17.1 Å². The van der Waals surface area contributed by atoms with Gasteiger partial charge in [-0.1, -0.05) is 141 Å². The van der Waals surface area contributed by atoms with Crippen LogP contribution in [0.5, 0.6) is 0 Å². The number of nitrogens with zero attached hydrogens (tertiary/aromatic N) is 1. The van der Waals surface area contributed by atoms with Gasteiger partial charge in [0, 0.05) is 22.2 Å². The molecule has 5 aliphatic rings. The lowest BCUT2D eigenvalue weighted by atomic mass is 9.48. The highest BCUT2D eigenvalue weighted by Gasteiger charge is 2.52. The molecule has 0 aliphatic heterocycles. The Morgan fingerprint density at radius 2 is 1.07 bits per heavy atom. The zero-order chi connectivity index (χ0) is 40.5. The van der Waals surface area contributed by atoms with Crippen molar-refractivity contribution in [1.82, 2.24) is 0 Å². The molecule has 9 aromatic rings. The fraction of sp³-hybridized carbons (Fsp3) is 0.220. The first-order valence-corrected chi connectivity index (χ1v) is 22.6. The van der Waals surface area contributed by atoms with E-state index in [1.807, 2.05) is 0 Å². The zero-order valence-electron chi connectivity index (χ0n) is 35.0. The lowest BCUT2D eigenvalue weighted by Gasteiger charge is -2.57. The van der Waals surface area contributed by atoms with E-state index in [0.29, 0.717) is 5.41 Å². The number of anilines is 3. The SMILES string of the molecule is CC1(C)c2cc(N(c3ccc(-c4cccc5cccc(-c6ccccc6)c45)cc3)c3cccc4oc5ccccc5c34)ccc2-c2ccc(C34CC5CC(CC(C5)C3)C4)cc21. The van der Waals surface area contributed by atoms with Crippen LogP contribution >= 0.6 is 0 Å². The van der Waals surface area contributed by atoms with E-state index < -0.39 is 0 Å². The van der Waals surface area contributed by atoms with Gasteiger partial charge >= 0.3 is 0 Å². The molecule has 0 saturated heterocycles. The van der Waals surface area contributed by atoms with Crippen molar-refractivity contribution in [2.45, 2.75) is 63.2 Å². The largest absolute Gasteiger partial charge is 0.456 e. The second-order valence-corrected chi connectivity index (χ2v) is 19.5. The molecular weight excluding hydrogens is 739 g/mol. The average molecular weight is 788 g/mol. The second-order valence-electron chi connectivity index (χ2n) is 19.5. The van der Waals surface area contributed by atoms with Crippen LogP contribution in [0, 0.1) is 17.8 Å². The Labute approximate surface area is 358 Å². The molecule has 1 aromatic heterocycles. The molecule has 5 aliphatic carbocycles. The van der Waals surface area contributed by atoms with E-state index in [1.165, 1.54) is 93.8 Å². The molecule has 4 bridgehead atoms. The first-order chi connectivity index (χ1) is 29.9. The molecule has 0 atom stereocenters. The highest BCUT2D eigenvalue weighted by Crippen LogP contribution is 2.62. The third-order valence-electron chi connectivity index (χ3n) is 15.6. The first-order valence-electron chi connectivity index (χ1n) is 22.6. The molecule has 0 spiro atoms. The molecule has 8 aromatic carbocycles. The Morgan fingerprint density at radius 1 is 0.475 bits per heavy atom. The van der Waals surface area contributed by atoms with Crippen LogP contribution in [0.25, 0.3) is 66.1 Å². The van der Waals surface area contributed by atoms with Crippen LogP contribution in [-0.2, 0) is 10.8 Å². The van der Waals surface area contributed by atoms with Crippen molar-refractivity contribution in [2.75, 3.05) is 4.90 Å². The van der Waals surface area contributed by atoms with Crippen LogP contribution in [-0.4, -0.2) is 0 Å². The first kappa shape index (κ1) is 35.4. The van der Waals surface area contributed by atoms with E-state index in [0.717, 1.165) is 56.8 Å². The number of benzene rings is 8. The van der Waals surface area contributed by atoms with Gasteiger partial charge in [-0.3, -0.25) is 0 Å². The standard InChI is InChI=1S/C59H49NO/c1-58(2)51-32-43(59-34-37-29-38(35-59)31-39(30-37)36-59)23-27-48(51)49-28-26-45(33-52(49)58)60(53-18-10-20-55-57(53)50-15-6-7-19-54(50)61-55)44-24-21-41(22-25-44)47-17-9-14-42-13-8-16-46(56(42)47)40-11-4-3-5-12-40/h3-28,32-33,37-39H,29-31,34-36H2,1-2H3. The number of rotatable bonds is 6. The summed E-state index contributed by atoms with van der Waals surface area (Å²) in [6, 6.07) is 63.3. The van der Waals surface area contributed by atoms with Crippen molar-refractivity contribution in [1.29, 1.82) is 0 Å². The summed E-state index contributed by atoms with van der Waals surface area (Å²) < 4.78 is 6.50. The van der Waals surface area contributed by atoms with Crippen LogP contribution < -0.4 is 4.90 Å². The molecule has 14 rings (SSSR count). The topological polar surface area (TPSA) is 16.4 Å². The predicted octanol–water partition coefficient (Wildman–Crippen LogP) is 16.3. The van der Waals surface area contributed by atoms with Crippen molar-refractivity contribution in [2.24, 2.45) is 17.8 Å².